The van der Waals surface area contributed by atoms with Crippen LogP contribution in [0.15, 0.2) is 35.5 Å². The number of hydrogen-bond donors (Lipinski definition) is 1. The second-order valence-corrected chi connectivity index (χ2v) is 6.50. The maximum absolute atomic E-state index is 11.1. The highest BCUT2D eigenvalue weighted by Crippen LogP contribution is 2.37. The van der Waals surface area contributed by atoms with Gasteiger partial charge < -0.3 is 5.11 Å². The fraction of sp³-hybridized carbons (Fsp3) is 0.562. The molecule has 0 amide bonds. The van der Waals surface area contributed by atoms with Crippen molar-refractivity contribution in [2.24, 2.45) is 11.3 Å². The Hall–Kier alpha value is -1.02. The predicted molar refractivity (Wildman–Crippen MR) is 80.4 cm³/mol. The molecule has 3 heteroatoms. The van der Waals surface area contributed by atoms with Gasteiger partial charge in [-0.25, -0.2) is 0 Å². The SMILES string of the molecule is C=C(C)[C@H]1CC=C(C)/C(=C/CC(C)(C)C(=O)O)[C@H]1Cl. The molecule has 0 aromatic rings. The largest absolute Gasteiger partial charge is 0.481 e. The molecule has 0 bridgehead atoms. The molecule has 0 radical (unpaired) electrons. The van der Waals surface area contributed by atoms with Crippen molar-refractivity contribution in [1.29, 1.82) is 0 Å². The average molecular weight is 283 g/mol. The Morgan fingerprint density at radius 2 is 2.21 bits per heavy atom. The van der Waals surface area contributed by atoms with E-state index in [0.717, 1.165) is 23.1 Å². The Bertz CT molecular complexity index is 444. The molecule has 106 valence electrons. The zero-order chi connectivity index (χ0) is 14.8. The molecule has 0 fully saturated rings. The van der Waals surface area contributed by atoms with Crippen LogP contribution in [-0.4, -0.2) is 16.5 Å². The summed E-state index contributed by atoms with van der Waals surface area (Å²) in [5.74, 6) is -0.547. The Labute approximate surface area is 120 Å². The third-order valence-corrected chi connectivity index (χ3v) is 4.37. The molecule has 1 aliphatic rings. The van der Waals surface area contributed by atoms with E-state index < -0.39 is 11.4 Å². The highest BCUT2D eigenvalue weighted by Gasteiger charge is 2.30. The van der Waals surface area contributed by atoms with Gasteiger partial charge in [-0.2, -0.15) is 0 Å². The molecule has 1 N–H and O–H groups in total. The Morgan fingerprint density at radius 1 is 1.63 bits per heavy atom. The molecule has 0 spiro atoms. The van der Waals surface area contributed by atoms with Gasteiger partial charge in [0.05, 0.1) is 10.8 Å². The lowest BCUT2D eigenvalue weighted by Gasteiger charge is -2.30. The van der Waals surface area contributed by atoms with Crippen LogP contribution in [0, 0.1) is 11.3 Å². The summed E-state index contributed by atoms with van der Waals surface area (Å²) >= 11 is 6.53. The first-order chi connectivity index (χ1) is 8.66. The standard InChI is InChI=1S/C16H23ClO2/c1-10(2)12-7-6-11(3)13(14(12)17)8-9-16(4,5)15(18)19/h6,8,12,14H,1,7,9H2,2-5H3,(H,18,19)/b13-8-/t12-,14+/m1/s1. The van der Waals surface area contributed by atoms with Gasteiger partial charge in [0.1, 0.15) is 0 Å². The van der Waals surface area contributed by atoms with Crippen LogP contribution in [0.4, 0.5) is 0 Å². The van der Waals surface area contributed by atoms with Gasteiger partial charge in [-0.15, -0.1) is 11.6 Å². The maximum atomic E-state index is 11.1. The van der Waals surface area contributed by atoms with E-state index in [9.17, 15) is 4.79 Å². The highest BCUT2D eigenvalue weighted by atomic mass is 35.5. The van der Waals surface area contributed by atoms with E-state index in [4.69, 9.17) is 16.7 Å². The van der Waals surface area contributed by atoms with E-state index in [1.807, 2.05) is 19.9 Å². The minimum atomic E-state index is -0.788. The van der Waals surface area contributed by atoms with Crippen molar-refractivity contribution < 1.29 is 9.90 Å². The van der Waals surface area contributed by atoms with Crippen LogP contribution in [0.2, 0.25) is 0 Å². The fourth-order valence-electron chi connectivity index (χ4n) is 2.15. The van der Waals surface area contributed by atoms with Crippen LogP contribution in [0.3, 0.4) is 0 Å². The number of carboxylic acid groups (broad SMARTS) is 1. The highest BCUT2D eigenvalue weighted by molar-refractivity contribution is 6.23. The molecule has 0 aromatic heterocycles. The zero-order valence-corrected chi connectivity index (χ0v) is 12.9. The third-order valence-electron chi connectivity index (χ3n) is 3.83. The summed E-state index contributed by atoms with van der Waals surface area (Å²) in [6, 6.07) is 0. The first-order valence-corrected chi connectivity index (χ1v) is 7.00. The molecule has 0 heterocycles. The van der Waals surface area contributed by atoms with Crippen molar-refractivity contribution >= 4 is 17.6 Å². The van der Waals surface area contributed by atoms with Gasteiger partial charge in [-0.05, 0) is 46.1 Å². The summed E-state index contributed by atoms with van der Waals surface area (Å²) in [5, 5.41) is 9.05. The normalized spacial score (nSPS) is 26.2. The lowest BCUT2D eigenvalue weighted by molar-refractivity contribution is -0.146. The average Bonchev–Trinajstić information content (AvgIpc) is 2.27. The van der Waals surface area contributed by atoms with Gasteiger partial charge in [0.2, 0.25) is 0 Å². The first-order valence-electron chi connectivity index (χ1n) is 6.57. The van der Waals surface area contributed by atoms with Gasteiger partial charge in [0.25, 0.3) is 0 Å². The number of allylic oxidation sites excluding steroid dienone is 5. The molecule has 0 saturated heterocycles. The van der Waals surface area contributed by atoms with Crippen LogP contribution < -0.4 is 0 Å². The van der Waals surface area contributed by atoms with Crippen LogP contribution in [0.25, 0.3) is 0 Å². The molecule has 1 rings (SSSR count). The molecule has 2 nitrogen and oxygen atoms in total. The number of carbonyl (C=O) groups is 1. The molecule has 0 aliphatic heterocycles. The number of rotatable bonds is 4. The quantitative estimate of drug-likeness (QED) is 0.606. The van der Waals surface area contributed by atoms with Gasteiger partial charge in [0, 0.05) is 5.92 Å². The van der Waals surface area contributed by atoms with Crippen molar-refractivity contribution in [1.82, 2.24) is 0 Å². The van der Waals surface area contributed by atoms with E-state index in [0.29, 0.717) is 6.42 Å². The minimum absolute atomic E-state index is 0.105. The van der Waals surface area contributed by atoms with Crippen molar-refractivity contribution in [2.45, 2.75) is 45.9 Å². The monoisotopic (exact) mass is 282 g/mol. The fourth-order valence-corrected chi connectivity index (χ4v) is 2.73. The summed E-state index contributed by atoms with van der Waals surface area (Å²) in [6.45, 7) is 11.5. The maximum Gasteiger partial charge on any atom is 0.309 e. The predicted octanol–water partition coefficient (Wildman–Crippen LogP) is 4.56. The smallest absolute Gasteiger partial charge is 0.309 e. The number of aliphatic carboxylic acids is 1. The van der Waals surface area contributed by atoms with Crippen LogP contribution >= 0.6 is 11.6 Å². The molecule has 0 aromatic carbocycles. The Morgan fingerprint density at radius 3 is 2.68 bits per heavy atom. The molecular weight excluding hydrogens is 260 g/mol. The lowest BCUT2D eigenvalue weighted by Crippen LogP contribution is -2.25. The molecular formula is C16H23ClO2. The van der Waals surface area contributed by atoms with Gasteiger partial charge in [0.15, 0.2) is 0 Å². The summed E-state index contributed by atoms with van der Waals surface area (Å²) in [5.41, 5.74) is 2.51. The second-order valence-electron chi connectivity index (χ2n) is 6.03. The number of hydrogen-bond acceptors (Lipinski definition) is 1. The van der Waals surface area contributed by atoms with Gasteiger partial charge in [-0.1, -0.05) is 29.9 Å². The van der Waals surface area contributed by atoms with Crippen molar-refractivity contribution in [2.75, 3.05) is 0 Å². The van der Waals surface area contributed by atoms with Crippen LogP contribution in [0.1, 0.15) is 40.5 Å². The Balaban J connectivity index is 2.97. The van der Waals surface area contributed by atoms with E-state index in [1.165, 1.54) is 0 Å². The second kappa shape index (κ2) is 5.96. The zero-order valence-electron chi connectivity index (χ0n) is 12.2. The minimum Gasteiger partial charge on any atom is -0.481 e. The lowest BCUT2D eigenvalue weighted by atomic mass is 9.80. The first kappa shape index (κ1) is 16.0. The molecule has 0 unspecified atom stereocenters. The summed E-state index contributed by atoms with van der Waals surface area (Å²) < 4.78 is 0. The van der Waals surface area contributed by atoms with E-state index in [-0.39, 0.29) is 11.3 Å². The molecule has 2 atom stereocenters. The Kier molecular flexibility index (Phi) is 5.03. The van der Waals surface area contributed by atoms with Crippen molar-refractivity contribution in [3.8, 4) is 0 Å². The van der Waals surface area contributed by atoms with Crippen molar-refractivity contribution in [3.05, 3.63) is 35.5 Å². The number of carboxylic acids is 1. The van der Waals surface area contributed by atoms with Gasteiger partial charge in [-0.3, -0.25) is 4.79 Å². The van der Waals surface area contributed by atoms with E-state index in [2.05, 4.69) is 12.7 Å². The third kappa shape index (κ3) is 3.73. The number of alkyl halides is 1. The molecule has 19 heavy (non-hydrogen) atoms. The number of halogens is 1. The summed E-state index contributed by atoms with van der Waals surface area (Å²) in [7, 11) is 0. The van der Waals surface area contributed by atoms with Crippen molar-refractivity contribution in [3.63, 3.8) is 0 Å². The van der Waals surface area contributed by atoms with E-state index in [1.54, 1.807) is 13.8 Å². The van der Waals surface area contributed by atoms with E-state index >= 15 is 0 Å². The summed E-state index contributed by atoms with van der Waals surface area (Å²) in [4.78, 5) is 11.1. The summed E-state index contributed by atoms with van der Waals surface area (Å²) in [6.07, 6.45) is 5.54. The molecule has 0 saturated carbocycles. The van der Waals surface area contributed by atoms with Crippen LogP contribution in [-0.2, 0) is 4.79 Å². The van der Waals surface area contributed by atoms with Gasteiger partial charge >= 0.3 is 5.97 Å². The topological polar surface area (TPSA) is 37.3 Å². The molecule has 1 aliphatic carbocycles. The van der Waals surface area contributed by atoms with Crippen LogP contribution in [0.5, 0.6) is 0 Å².